The highest BCUT2D eigenvalue weighted by Crippen LogP contribution is 2.42. The van der Waals surface area contributed by atoms with Crippen LogP contribution in [0.3, 0.4) is 0 Å². The first kappa shape index (κ1) is 23.7. The average Bonchev–Trinajstić information content (AvgIpc) is 2.83. The second-order valence-corrected chi connectivity index (χ2v) is 8.74. The molecule has 3 N–H and O–H groups in total. The zero-order valence-electron chi connectivity index (χ0n) is 19.6. The fraction of sp³-hybridized carbons (Fsp3) is 0.370. The lowest BCUT2D eigenvalue weighted by Crippen LogP contribution is -2.46. The number of carbonyl (C=O) groups excluding carboxylic acids is 1. The Kier molecular flexibility index (Phi) is 6.82. The first-order valence-corrected chi connectivity index (χ1v) is 11.7. The molecule has 1 atom stereocenters. The number of hydrogen-bond donors (Lipinski definition) is 2. The molecule has 176 valence electrons. The second-order valence-electron chi connectivity index (χ2n) is 8.74. The average molecular weight is 459 g/mol. The summed E-state index contributed by atoms with van der Waals surface area (Å²) in [6.07, 6.45) is 8.29. The van der Waals surface area contributed by atoms with Crippen molar-refractivity contribution in [3.8, 4) is 23.2 Å². The molecule has 0 radical (unpaired) electrons. The molecule has 1 aromatic heterocycles. The lowest BCUT2D eigenvalue weighted by molar-refractivity contribution is -0.127. The van der Waals surface area contributed by atoms with Gasteiger partial charge in [-0.2, -0.15) is 5.26 Å². The van der Waals surface area contributed by atoms with Gasteiger partial charge in [0.15, 0.2) is 6.10 Å². The van der Waals surface area contributed by atoms with Gasteiger partial charge in [0.1, 0.15) is 12.2 Å². The number of carbonyl (C=O) groups is 1. The van der Waals surface area contributed by atoms with E-state index in [1.54, 1.807) is 0 Å². The van der Waals surface area contributed by atoms with E-state index < -0.39 is 6.10 Å². The minimum atomic E-state index is -0.883. The Morgan fingerprint density at radius 2 is 2.09 bits per heavy atom. The Hall–Kier alpha value is -3.47. The van der Waals surface area contributed by atoms with Crippen LogP contribution in [0.2, 0.25) is 0 Å². The number of rotatable bonds is 7. The third-order valence-corrected chi connectivity index (χ3v) is 6.62. The van der Waals surface area contributed by atoms with Crippen LogP contribution in [0.15, 0.2) is 48.6 Å². The molecule has 1 fully saturated rings. The molecule has 4 rings (SSSR count). The highest BCUT2D eigenvalue weighted by molar-refractivity contribution is 6.01. The molecule has 0 bridgehead atoms. The first-order chi connectivity index (χ1) is 16.5. The van der Waals surface area contributed by atoms with E-state index >= 15 is 0 Å². The summed E-state index contributed by atoms with van der Waals surface area (Å²) >= 11 is 0. The van der Waals surface area contributed by atoms with Gasteiger partial charge >= 0.3 is 0 Å². The number of allylic oxidation sites excluding steroid dienone is 4. The summed E-state index contributed by atoms with van der Waals surface area (Å²) in [5.74, 6) is -0.0731. The van der Waals surface area contributed by atoms with Gasteiger partial charge in [-0.15, -0.1) is 0 Å². The number of pyridine rings is 1. The Labute approximate surface area is 200 Å². The van der Waals surface area contributed by atoms with Crippen LogP contribution in [-0.4, -0.2) is 35.3 Å². The van der Waals surface area contributed by atoms with Crippen LogP contribution in [0.4, 0.5) is 5.69 Å². The smallest absolute Gasteiger partial charge is 0.269 e. The maximum Gasteiger partial charge on any atom is 0.269 e. The summed E-state index contributed by atoms with van der Waals surface area (Å²) in [7, 11) is 0. The quantitative estimate of drug-likeness (QED) is 0.478. The number of benzene rings is 1. The number of ether oxygens (including phenoxy) is 1. The molecule has 1 aliphatic carbocycles. The third kappa shape index (κ3) is 4.23. The van der Waals surface area contributed by atoms with Crippen LogP contribution < -0.4 is 15.4 Å². The van der Waals surface area contributed by atoms with E-state index in [9.17, 15) is 15.2 Å². The summed E-state index contributed by atoms with van der Waals surface area (Å²) in [5.41, 5.74) is 11.2. The fourth-order valence-electron chi connectivity index (χ4n) is 4.54. The molecule has 7 heteroatoms. The van der Waals surface area contributed by atoms with Crippen molar-refractivity contribution in [1.82, 2.24) is 4.98 Å². The number of fused-ring (bicyclic) bond motifs is 1. The van der Waals surface area contributed by atoms with Crippen molar-refractivity contribution < 1.29 is 14.6 Å². The zero-order valence-corrected chi connectivity index (χ0v) is 19.6. The van der Waals surface area contributed by atoms with Crippen molar-refractivity contribution in [2.45, 2.75) is 51.2 Å². The molecule has 1 saturated carbocycles. The van der Waals surface area contributed by atoms with Crippen molar-refractivity contribution in [2.24, 2.45) is 5.73 Å². The summed E-state index contributed by atoms with van der Waals surface area (Å²) in [6.45, 7) is 3.56. The molecule has 0 spiro atoms. The van der Waals surface area contributed by atoms with E-state index in [-0.39, 0.29) is 36.9 Å². The van der Waals surface area contributed by atoms with E-state index in [1.807, 2.05) is 50.3 Å². The van der Waals surface area contributed by atoms with E-state index in [0.29, 0.717) is 11.4 Å². The molecule has 2 heterocycles. The van der Waals surface area contributed by atoms with Crippen LogP contribution in [-0.2, 0) is 10.3 Å². The predicted molar refractivity (Wildman–Crippen MR) is 132 cm³/mol. The number of amides is 1. The Morgan fingerprint density at radius 1 is 1.35 bits per heavy atom. The van der Waals surface area contributed by atoms with Crippen LogP contribution in [0.25, 0.3) is 16.8 Å². The first-order valence-electron chi connectivity index (χ1n) is 11.7. The van der Waals surface area contributed by atoms with Crippen LogP contribution >= 0.6 is 0 Å². The second kappa shape index (κ2) is 9.80. The normalized spacial score (nSPS) is 19.4. The van der Waals surface area contributed by atoms with Crippen molar-refractivity contribution in [2.75, 3.05) is 18.1 Å². The number of aliphatic hydroxyl groups is 1. The topological polar surface area (TPSA) is 112 Å². The van der Waals surface area contributed by atoms with Crippen LogP contribution in [0, 0.1) is 11.3 Å². The standard InChI is InChI=1S/C27H30N4O3/c1-3-6-18(4-2)21-17-22-25(34-23(11-16-32)26(33)31(22)15-14-28)30-24(21)19-7-9-20(10-8-19)27(29)12-5-13-27/h3-4,6-10,17,23,32H,5,11-13,15-16,29H2,1-2H3. The highest BCUT2D eigenvalue weighted by Gasteiger charge is 2.37. The maximum absolute atomic E-state index is 12.9. The zero-order chi connectivity index (χ0) is 24.3. The van der Waals surface area contributed by atoms with Gasteiger partial charge in [0.25, 0.3) is 5.91 Å². The molecule has 2 aliphatic rings. The number of aliphatic hydroxyl groups excluding tert-OH is 1. The molecule has 1 amide bonds. The van der Waals surface area contributed by atoms with Crippen LogP contribution in [0.5, 0.6) is 5.88 Å². The van der Waals surface area contributed by atoms with Gasteiger partial charge < -0.3 is 15.6 Å². The van der Waals surface area contributed by atoms with Gasteiger partial charge in [0.2, 0.25) is 5.88 Å². The van der Waals surface area contributed by atoms with Crippen LogP contribution in [0.1, 0.15) is 50.7 Å². The minimum Gasteiger partial charge on any atom is -0.463 e. The predicted octanol–water partition coefficient (Wildman–Crippen LogP) is 4.07. The molecule has 34 heavy (non-hydrogen) atoms. The number of nitrogens with two attached hydrogens (primary N) is 1. The number of hydrogen-bond acceptors (Lipinski definition) is 6. The van der Waals surface area contributed by atoms with Crippen molar-refractivity contribution in [3.63, 3.8) is 0 Å². The molecule has 0 saturated heterocycles. The number of nitrogens with zero attached hydrogens (tertiary/aromatic N) is 3. The molecule has 7 nitrogen and oxygen atoms in total. The largest absolute Gasteiger partial charge is 0.463 e. The van der Waals surface area contributed by atoms with Crippen molar-refractivity contribution >= 4 is 17.2 Å². The van der Waals surface area contributed by atoms with Crippen molar-refractivity contribution in [3.05, 3.63) is 59.7 Å². The van der Waals surface area contributed by atoms with Gasteiger partial charge in [0.05, 0.1) is 11.8 Å². The summed E-state index contributed by atoms with van der Waals surface area (Å²) in [5, 5.41) is 18.7. The SMILES string of the molecule is CC=CC(=CC)c1cc2c(nc1-c1ccc(C3(N)CCC3)cc1)OC(CCO)C(=O)N2CC#N. The molecule has 1 unspecified atom stereocenters. The van der Waals surface area contributed by atoms with E-state index in [4.69, 9.17) is 15.5 Å². The van der Waals surface area contributed by atoms with Gasteiger partial charge in [-0.05, 0) is 50.3 Å². The van der Waals surface area contributed by atoms with Gasteiger partial charge in [0, 0.05) is 29.7 Å². The number of aromatic nitrogens is 1. The monoisotopic (exact) mass is 458 g/mol. The van der Waals surface area contributed by atoms with Gasteiger partial charge in [-0.3, -0.25) is 9.69 Å². The minimum absolute atomic E-state index is 0.125. The van der Waals surface area contributed by atoms with E-state index in [1.165, 1.54) is 4.90 Å². The Bertz CT molecular complexity index is 1170. The lowest BCUT2D eigenvalue weighted by atomic mass is 9.72. The van der Waals surface area contributed by atoms with Gasteiger partial charge in [-0.25, -0.2) is 4.98 Å². The summed E-state index contributed by atoms with van der Waals surface area (Å²) in [6, 6.07) is 12.1. The molecule has 1 aromatic carbocycles. The number of nitriles is 1. The summed E-state index contributed by atoms with van der Waals surface area (Å²) < 4.78 is 5.93. The highest BCUT2D eigenvalue weighted by atomic mass is 16.5. The third-order valence-electron chi connectivity index (χ3n) is 6.62. The Morgan fingerprint density at radius 3 is 2.65 bits per heavy atom. The van der Waals surface area contributed by atoms with E-state index in [0.717, 1.165) is 41.5 Å². The lowest BCUT2D eigenvalue weighted by Gasteiger charge is -2.38. The molecular weight excluding hydrogens is 428 g/mol. The molecule has 2 aromatic rings. The molecule has 1 aliphatic heterocycles. The Balaban J connectivity index is 1.86. The molecular formula is C27H30N4O3. The van der Waals surface area contributed by atoms with E-state index in [2.05, 4.69) is 18.2 Å². The summed E-state index contributed by atoms with van der Waals surface area (Å²) in [4.78, 5) is 19.2. The van der Waals surface area contributed by atoms with Crippen molar-refractivity contribution in [1.29, 1.82) is 5.26 Å². The van der Waals surface area contributed by atoms with Gasteiger partial charge in [-0.1, -0.05) is 42.5 Å². The maximum atomic E-state index is 12.9. The fourth-order valence-corrected chi connectivity index (χ4v) is 4.54. The number of anilines is 1.